The Morgan fingerprint density at radius 1 is 1.38 bits per heavy atom. The molecule has 4 rings (SSSR count). The van der Waals surface area contributed by atoms with Crippen molar-refractivity contribution in [2.24, 2.45) is 0 Å². The number of piperidine rings is 1. The standard InChI is InChI=1S/C20H20ClN3O5/c21-13-3-1-12(2-4-13)9-23-19(26)16-8-18(17(25)10-22-16)29-15-5-6-24-14(7-15)11-28-20(24)27/h1-4,8,10,14-15,25H,5-7,9,11H2,(H,23,26)/t14-,15-/m0/s1. The number of hydrogen-bond donors (Lipinski definition) is 2. The van der Waals surface area contributed by atoms with Gasteiger partial charge >= 0.3 is 6.09 Å². The van der Waals surface area contributed by atoms with Gasteiger partial charge in [-0.15, -0.1) is 0 Å². The third-order valence-electron chi connectivity index (χ3n) is 5.04. The van der Waals surface area contributed by atoms with Crippen LogP contribution < -0.4 is 10.1 Å². The first kappa shape index (κ1) is 19.3. The van der Waals surface area contributed by atoms with Gasteiger partial charge in [0.15, 0.2) is 11.5 Å². The third kappa shape index (κ3) is 4.37. The van der Waals surface area contributed by atoms with Crippen molar-refractivity contribution in [2.75, 3.05) is 13.2 Å². The summed E-state index contributed by atoms with van der Waals surface area (Å²) in [6.45, 7) is 1.21. The molecule has 0 spiro atoms. The highest BCUT2D eigenvalue weighted by atomic mass is 35.5. The van der Waals surface area contributed by atoms with E-state index in [1.165, 1.54) is 12.3 Å². The van der Waals surface area contributed by atoms with Crippen molar-refractivity contribution in [2.45, 2.75) is 31.5 Å². The number of nitrogens with one attached hydrogen (secondary N) is 1. The normalized spacial score (nSPS) is 20.7. The molecule has 2 aromatic rings. The van der Waals surface area contributed by atoms with Crippen LogP contribution in [0.5, 0.6) is 11.5 Å². The van der Waals surface area contributed by atoms with Gasteiger partial charge in [0, 0.05) is 37.0 Å². The maximum Gasteiger partial charge on any atom is 0.410 e. The maximum absolute atomic E-state index is 12.4. The summed E-state index contributed by atoms with van der Waals surface area (Å²) in [5, 5.41) is 13.5. The van der Waals surface area contributed by atoms with Gasteiger partial charge in [-0.25, -0.2) is 9.78 Å². The maximum atomic E-state index is 12.4. The Kier molecular flexibility index (Phi) is 5.44. The largest absolute Gasteiger partial charge is 0.503 e. The number of fused-ring (bicyclic) bond motifs is 1. The van der Waals surface area contributed by atoms with Gasteiger partial charge < -0.3 is 24.8 Å². The minimum atomic E-state index is -0.380. The van der Waals surface area contributed by atoms with Crippen LogP contribution in [0.25, 0.3) is 0 Å². The second kappa shape index (κ2) is 8.16. The summed E-state index contributed by atoms with van der Waals surface area (Å²) >= 11 is 5.86. The summed E-state index contributed by atoms with van der Waals surface area (Å²) < 4.78 is 11.0. The summed E-state index contributed by atoms with van der Waals surface area (Å²) in [7, 11) is 0. The highest BCUT2D eigenvalue weighted by Crippen LogP contribution is 2.31. The molecule has 0 unspecified atom stereocenters. The summed E-state index contributed by atoms with van der Waals surface area (Å²) in [5.41, 5.74) is 1.04. The van der Waals surface area contributed by atoms with E-state index in [-0.39, 0.29) is 41.3 Å². The molecule has 0 radical (unpaired) electrons. The van der Waals surface area contributed by atoms with Crippen molar-refractivity contribution < 1.29 is 24.2 Å². The van der Waals surface area contributed by atoms with Crippen LogP contribution in [0.2, 0.25) is 5.02 Å². The molecule has 0 saturated carbocycles. The van der Waals surface area contributed by atoms with Crippen LogP contribution in [0.3, 0.4) is 0 Å². The van der Waals surface area contributed by atoms with Crippen molar-refractivity contribution in [1.82, 2.24) is 15.2 Å². The average molecular weight is 418 g/mol. The van der Waals surface area contributed by atoms with Crippen LogP contribution in [0.1, 0.15) is 28.9 Å². The zero-order valence-electron chi connectivity index (χ0n) is 15.5. The summed E-state index contributed by atoms with van der Waals surface area (Å²) in [6, 6.07) is 8.56. The van der Waals surface area contributed by atoms with Gasteiger partial charge in [-0.1, -0.05) is 23.7 Å². The van der Waals surface area contributed by atoms with Gasteiger partial charge in [0.1, 0.15) is 18.4 Å². The number of aromatic nitrogens is 1. The second-order valence-electron chi connectivity index (χ2n) is 7.03. The van der Waals surface area contributed by atoms with Gasteiger partial charge in [-0.3, -0.25) is 4.79 Å². The molecule has 1 aromatic heterocycles. The Hall–Kier alpha value is -3.00. The van der Waals surface area contributed by atoms with E-state index in [1.54, 1.807) is 17.0 Å². The van der Waals surface area contributed by atoms with Crippen LogP contribution in [0.15, 0.2) is 36.5 Å². The molecule has 0 bridgehead atoms. The summed E-state index contributed by atoms with van der Waals surface area (Å²) in [5.74, 6) is -0.324. The lowest BCUT2D eigenvalue weighted by atomic mass is 10.0. The van der Waals surface area contributed by atoms with E-state index < -0.39 is 0 Å². The minimum absolute atomic E-state index is 0.0209. The fourth-order valence-electron chi connectivity index (χ4n) is 3.47. The molecule has 2 saturated heterocycles. The SMILES string of the molecule is O=C(NCc1ccc(Cl)cc1)c1cc(O[C@H]2CCN3C(=O)OC[C@@H]3C2)c(O)cn1. The first-order valence-corrected chi connectivity index (χ1v) is 9.69. The molecule has 2 atom stereocenters. The van der Waals surface area contributed by atoms with Gasteiger partial charge in [-0.05, 0) is 17.7 Å². The van der Waals surface area contributed by atoms with Crippen molar-refractivity contribution in [1.29, 1.82) is 0 Å². The Labute approximate surface area is 172 Å². The Morgan fingerprint density at radius 3 is 2.97 bits per heavy atom. The monoisotopic (exact) mass is 417 g/mol. The molecule has 2 aliphatic rings. The average Bonchev–Trinajstić information content (AvgIpc) is 3.09. The van der Waals surface area contributed by atoms with Crippen LogP contribution in [-0.4, -0.2) is 52.3 Å². The molecule has 3 heterocycles. The first-order chi connectivity index (χ1) is 14.0. The number of benzene rings is 1. The molecule has 8 nitrogen and oxygen atoms in total. The zero-order chi connectivity index (χ0) is 20.4. The van der Waals surface area contributed by atoms with Crippen molar-refractivity contribution in [3.05, 3.63) is 52.8 Å². The molecule has 0 aliphatic carbocycles. The molecule has 1 aromatic carbocycles. The van der Waals surface area contributed by atoms with Gasteiger partial charge in [0.05, 0.1) is 12.2 Å². The van der Waals surface area contributed by atoms with Crippen LogP contribution in [0.4, 0.5) is 4.79 Å². The predicted octanol–water partition coefficient (Wildman–Crippen LogP) is 2.73. The smallest absolute Gasteiger partial charge is 0.410 e. The number of amides is 2. The van der Waals surface area contributed by atoms with Gasteiger partial charge in [0.25, 0.3) is 5.91 Å². The number of cyclic esters (lactones) is 1. The molecular weight excluding hydrogens is 398 g/mol. The van der Waals surface area contributed by atoms with Crippen LogP contribution in [-0.2, 0) is 11.3 Å². The number of rotatable bonds is 5. The lowest BCUT2D eigenvalue weighted by Gasteiger charge is -2.32. The van der Waals surface area contributed by atoms with E-state index in [0.29, 0.717) is 37.6 Å². The zero-order valence-corrected chi connectivity index (χ0v) is 16.3. The molecule has 2 fully saturated rings. The minimum Gasteiger partial charge on any atom is -0.503 e. The van der Waals surface area contributed by atoms with E-state index in [2.05, 4.69) is 10.3 Å². The van der Waals surface area contributed by atoms with E-state index in [0.717, 1.165) is 5.56 Å². The lowest BCUT2D eigenvalue weighted by molar-refractivity contribution is 0.0895. The molecule has 9 heteroatoms. The van der Waals surface area contributed by atoms with Crippen LogP contribution in [0, 0.1) is 0 Å². The fourth-order valence-corrected chi connectivity index (χ4v) is 3.60. The highest BCUT2D eigenvalue weighted by molar-refractivity contribution is 6.30. The topological polar surface area (TPSA) is 101 Å². The van der Waals surface area contributed by atoms with Gasteiger partial charge in [0.2, 0.25) is 0 Å². The second-order valence-corrected chi connectivity index (χ2v) is 7.47. The molecule has 2 aliphatic heterocycles. The number of halogens is 1. The van der Waals surface area contributed by atoms with E-state index >= 15 is 0 Å². The molecule has 2 N–H and O–H groups in total. The number of carbonyl (C=O) groups is 2. The molecule has 29 heavy (non-hydrogen) atoms. The van der Waals surface area contributed by atoms with Gasteiger partial charge in [-0.2, -0.15) is 0 Å². The number of nitrogens with zero attached hydrogens (tertiary/aromatic N) is 2. The number of pyridine rings is 1. The van der Waals surface area contributed by atoms with E-state index in [4.69, 9.17) is 21.1 Å². The Morgan fingerprint density at radius 2 is 2.17 bits per heavy atom. The summed E-state index contributed by atoms with van der Waals surface area (Å²) in [6.07, 6.45) is 1.94. The number of aromatic hydroxyl groups is 1. The van der Waals surface area contributed by atoms with E-state index in [1.807, 2.05) is 12.1 Å². The summed E-state index contributed by atoms with van der Waals surface area (Å²) in [4.78, 5) is 29.7. The number of hydrogen-bond acceptors (Lipinski definition) is 6. The van der Waals surface area contributed by atoms with Crippen molar-refractivity contribution in [3.63, 3.8) is 0 Å². The fraction of sp³-hybridized carbons (Fsp3) is 0.350. The Bertz CT molecular complexity index is 921. The predicted molar refractivity (Wildman–Crippen MR) is 104 cm³/mol. The van der Waals surface area contributed by atoms with E-state index in [9.17, 15) is 14.7 Å². The third-order valence-corrected chi connectivity index (χ3v) is 5.29. The lowest BCUT2D eigenvalue weighted by Crippen LogP contribution is -2.44. The molecular formula is C20H20ClN3O5. The quantitative estimate of drug-likeness (QED) is 0.775. The van der Waals surface area contributed by atoms with Crippen molar-refractivity contribution in [3.8, 4) is 11.5 Å². The highest BCUT2D eigenvalue weighted by Gasteiger charge is 2.39. The molecule has 152 valence electrons. The van der Waals surface area contributed by atoms with Crippen molar-refractivity contribution >= 4 is 23.6 Å². The Balaban J connectivity index is 1.38. The molecule has 2 amide bonds. The first-order valence-electron chi connectivity index (χ1n) is 9.31. The number of carbonyl (C=O) groups excluding carboxylic acids is 2. The number of ether oxygens (including phenoxy) is 2. The van der Waals surface area contributed by atoms with Crippen LogP contribution >= 0.6 is 11.6 Å².